The van der Waals surface area contributed by atoms with E-state index in [1.807, 2.05) is 22.9 Å². The number of hydrogen-bond acceptors (Lipinski definition) is 3. The van der Waals surface area contributed by atoms with Crippen molar-refractivity contribution in [2.45, 2.75) is 26.2 Å². The minimum absolute atomic E-state index is 0.737. The third-order valence-electron chi connectivity index (χ3n) is 4.28. The van der Waals surface area contributed by atoms with Crippen molar-refractivity contribution in [2.75, 3.05) is 11.9 Å². The zero-order chi connectivity index (χ0) is 15.8. The summed E-state index contributed by atoms with van der Waals surface area (Å²) in [6, 6.07) is 10.2. The van der Waals surface area contributed by atoms with Crippen LogP contribution >= 0.6 is 22.9 Å². The predicted octanol–water partition coefficient (Wildman–Crippen LogP) is 5.31. The highest BCUT2D eigenvalue weighted by Crippen LogP contribution is 2.36. The van der Waals surface area contributed by atoms with Gasteiger partial charge in [0.15, 0.2) is 0 Å². The Labute approximate surface area is 144 Å². The van der Waals surface area contributed by atoms with E-state index in [0.717, 1.165) is 35.2 Å². The maximum Gasteiger partial charge on any atom is 0.133 e. The Balaban J connectivity index is 1.95. The normalized spacial score (nSPS) is 14.2. The molecule has 3 heterocycles. The summed E-state index contributed by atoms with van der Waals surface area (Å²) in [7, 11) is 0. The van der Waals surface area contributed by atoms with Crippen molar-refractivity contribution >= 4 is 28.8 Å². The van der Waals surface area contributed by atoms with E-state index >= 15 is 0 Å². The zero-order valence-corrected chi connectivity index (χ0v) is 14.5. The molecule has 0 atom stereocenters. The summed E-state index contributed by atoms with van der Waals surface area (Å²) >= 11 is 7.97. The molecule has 0 bridgehead atoms. The van der Waals surface area contributed by atoms with Crippen molar-refractivity contribution in [1.29, 1.82) is 0 Å². The quantitative estimate of drug-likeness (QED) is 0.683. The molecule has 0 unspecified atom stereocenters. The summed E-state index contributed by atoms with van der Waals surface area (Å²) in [5.41, 5.74) is 4.64. The Morgan fingerprint density at radius 3 is 3.00 bits per heavy atom. The van der Waals surface area contributed by atoms with Crippen molar-refractivity contribution in [3.05, 3.63) is 51.9 Å². The number of hydrogen-bond donors (Lipinski definition) is 1. The molecule has 1 aliphatic heterocycles. The number of benzene rings is 1. The molecule has 1 N–H and O–H groups in total. The summed E-state index contributed by atoms with van der Waals surface area (Å²) in [6.07, 6.45) is 3.45. The van der Waals surface area contributed by atoms with Crippen LogP contribution in [0.15, 0.2) is 35.7 Å². The van der Waals surface area contributed by atoms with Crippen LogP contribution in [0, 0.1) is 6.92 Å². The molecule has 3 aromatic rings. The van der Waals surface area contributed by atoms with Gasteiger partial charge in [0, 0.05) is 17.1 Å². The van der Waals surface area contributed by atoms with Gasteiger partial charge in [0.25, 0.3) is 0 Å². The Kier molecular flexibility index (Phi) is 3.87. The van der Waals surface area contributed by atoms with Crippen LogP contribution in [0.2, 0.25) is 5.02 Å². The number of fused-ring (bicyclic) bond motifs is 1. The van der Waals surface area contributed by atoms with E-state index in [4.69, 9.17) is 16.7 Å². The summed E-state index contributed by atoms with van der Waals surface area (Å²) < 4.78 is 2.04. The fourth-order valence-electron chi connectivity index (χ4n) is 3.10. The van der Waals surface area contributed by atoms with Crippen molar-refractivity contribution < 1.29 is 0 Å². The molecule has 0 amide bonds. The molecule has 0 saturated heterocycles. The molecule has 3 nitrogen and oxygen atoms in total. The maximum atomic E-state index is 6.23. The number of halogens is 1. The van der Waals surface area contributed by atoms with Crippen molar-refractivity contribution in [3.63, 3.8) is 0 Å². The first-order valence-electron chi connectivity index (χ1n) is 7.90. The Bertz CT molecular complexity index is 836. The van der Waals surface area contributed by atoms with E-state index in [1.54, 1.807) is 11.3 Å². The number of nitrogens with one attached hydrogen (secondary N) is 1. The van der Waals surface area contributed by atoms with E-state index in [-0.39, 0.29) is 0 Å². The highest BCUT2D eigenvalue weighted by molar-refractivity contribution is 7.13. The average molecular weight is 344 g/mol. The van der Waals surface area contributed by atoms with Gasteiger partial charge in [-0.2, -0.15) is 5.10 Å². The molecule has 1 aromatic carbocycles. The molecule has 23 heavy (non-hydrogen) atoms. The second-order valence-electron chi connectivity index (χ2n) is 5.88. The van der Waals surface area contributed by atoms with E-state index in [1.165, 1.54) is 28.8 Å². The van der Waals surface area contributed by atoms with E-state index in [0.29, 0.717) is 0 Å². The van der Waals surface area contributed by atoms with E-state index in [2.05, 4.69) is 29.8 Å². The van der Waals surface area contributed by atoms with Gasteiger partial charge in [0.1, 0.15) is 11.5 Å². The highest BCUT2D eigenvalue weighted by Gasteiger charge is 2.22. The Morgan fingerprint density at radius 1 is 1.26 bits per heavy atom. The standard InChI is InChI=1S/C18H18ClN3S/c1-12-7-8-13(19)11-15(12)22-18-14(5-2-3-9-20-18)17(21-22)16-6-4-10-23-16/h4,6-8,10-11,20H,2-3,5,9H2,1H3. The smallest absolute Gasteiger partial charge is 0.133 e. The molecule has 0 spiro atoms. The van der Waals surface area contributed by atoms with Crippen molar-refractivity contribution in [2.24, 2.45) is 0 Å². The lowest BCUT2D eigenvalue weighted by Crippen LogP contribution is -2.08. The van der Waals surface area contributed by atoms with Gasteiger partial charge in [0.05, 0.1) is 10.6 Å². The maximum absolute atomic E-state index is 6.23. The van der Waals surface area contributed by atoms with Gasteiger partial charge in [-0.25, -0.2) is 4.68 Å². The van der Waals surface area contributed by atoms with Crippen LogP contribution in [-0.4, -0.2) is 16.3 Å². The van der Waals surface area contributed by atoms with Crippen LogP contribution in [-0.2, 0) is 6.42 Å². The molecule has 0 aliphatic carbocycles. The average Bonchev–Trinajstić information content (AvgIpc) is 3.12. The molecule has 4 rings (SSSR count). The fraction of sp³-hybridized carbons (Fsp3) is 0.278. The molecule has 0 fully saturated rings. The zero-order valence-electron chi connectivity index (χ0n) is 13.0. The van der Waals surface area contributed by atoms with Gasteiger partial charge in [-0.1, -0.05) is 23.7 Å². The number of anilines is 1. The molecule has 0 saturated carbocycles. The van der Waals surface area contributed by atoms with Crippen molar-refractivity contribution in [3.8, 4) is 16.3 Å². The third kappa shape index (κ3) is 2.66. The summed E-state index contributed by atoms with van der Waals surface area (Å²) in [5, 5.41) is 11.4. The lowest BCUT2D eigenvalue weighted by atomic mass is 10.1. The number of nitrogens with zero attached hydrogens (tertiary/aromatic N) is 2. The topological polar surface area (TPSA) is 29.9 Å². The van der Waals surface area contributed by atoms with Gasteiger partial charge in [-0.05, 0) is 55.3 Å². The van der Waals surface area contributed by atoms with Gasteiger partial charge in [-0.3, -0.25) is 0 Å². The minimum atomic E-state index is 0.737. The summed E-state index contributed by atoms with van der Waals surface area (Å²) in [5.74, 6) is 1.12. The monoisotopic (exact) mass is 343 g/mol. The molecule has 0 radical (unpaired) electrons. The lowest BCUT2D eigenvalue weighted by Gasteiger charge is -2.12. The highest BCUT2D eigenvalue weighted by atomic mass is 35.5. The second-order valence-corrected chi connectivity index (χ2v) is 7.26. The first kappa shape index (κ1) is 14.8. The van der Waals surface area contributed by atoms with Crippen LogP contribution in [0.3, 0.4) is 0 Å². The van der Waals surface area contributed by atoms with Crippen molar-refractivity contribution in [1.82, 2.24) is 9.78 Å². The molecule has 1 aliphatic rings. The summed E-state index contributed by atoms with van der Waals surface area (Å²) in [6.45, 7) is 3.09. The van der Waals surface area contributed by atoms with Crippen LogP contribution in [0.5, 0.6) is 0 Å². The number of aromatic nitrogens is 2. The third-order valence-corrected chi connectivity index (χ3v) is 5.40. The summed E-state index contributed by atoms with van der Waals surface area (Å²) in [4.78, 5) is 1.23. The van der Waals surface area contributed by atoms with E-state index in [9.17, 15) is 0 Å². The van der Waals surface area contributed by atoms with Crippen LogP contribution in [0.1, 0.15) is 24.0 Å². The van der Waals surface area contributed by atoms with Crippen LogP contribution < -0.4 is 5.32 Å². The first-order valence-corrected chi connectivity index (χ1v) is 9.16. The second kappa shape index (κ2) is 6.02. The molecular weight excluding hydrogens is 326 g/mol. The number of aryl methyl sites for hydroxylation is 1. The van der Waals surface area contributed by atoms with Crippen LogP contribution in [0.25, 0.3) is 16.3 Å². The van der Waals surface area contributed by atoms with Crippen LogP contribution in [0.4, 0.5) is 5.82 Å². The van der Waals surface area contributed by atoms with Gasteiger partial charge in [0.2, 0.25) is 0 Å². The molecule has 5 heteroatoms. The lowest BCUT2D eigenvalue weighted by molar-refractivity contribution is 0.780. The predicted molar refractivity (Wildman–Crippen MR) is 98.1 cm³/mol. The fourth-order valence-corrected chi connectivity index (χ4v) is 4.00. The number of rotatable bonds is 2. The Hall–Kier alpha value is -1.78. The number of thiophene rings is 1. The molecular formula is C18H18ClN3S. The largest absolute Gasteiger partial charge is 0.370 e. The SMILES string of the molecule is Cc1ccc(Cl)cc1-n1nc(-c2cccs2)c2c1NCCCC2. The van der Waals surface area contributed by atoms with E-state index < -0.39 is 0 Å². The molecule has 2 aromatic heterocycles. The molecule has 118 valence electrons. The van der Waals surface area contributed by atoms with Gasteiger partial charge < -0.3 is 5.32 Å². The van der Waals surface area contributed by atoms with Gasteiger partial charge >= 0.3 is 0 Å². The van der Waals surface area contributed by atoms with Gasteiger partial charge in [-0.15, -0.1) is 11.3 Å². The Morgan fingerprint density at radius 2 is 2.17 bits per heavy atom. The first-order chi connectivity index (χ1) is 11.2. The minimum Gasteiger partial charge on any atom is -0.370 e.